The average molecular weight is 343 g/mol. The Morgan fingerprint density at radius 2 is 2.09 bits per heavy atom. The maximum Gasteiger partial charge on any atom is 0.277 e. The lowest BCUT2D eigenvalue weighted by Gasteiger charge is -1.98. The molecule has 4 aromatic rings. The zero-order valence-electron chi connectivity index (χ0n) is 11.6. The molecule has 1 N–H and O–H groups in total. The molecule has 0 unspecified atom stereocenters. The van der Waals surface area contributed by atoms with Gasteiger partial charge >= 0.3 is 0 Å². The largest absolute Gasteiger partial charge is 0.411 e. The van der Waals surface area contributed by atoms with Crippen molar-refractivity contribution in [3.63, 3.8) is 0 Å². The average Bonchev–Trinajstić information content (AvgIpc) is 3.23. The highest BCUT2D eigenvalue weighted by atomic mass is 32.2. The van der Waals surface area contributed by atoms with Crippen LogP contribution in [0.1, 0.15) is 5.82 Å². The highest BCUT2D eigenvalue weighted by molar-refractivity contribution is 7.98. The Hall–Kier alpha value is -2.52. The van der Waals surface area contributed by atoms with E-state index in [9.17, 15) is 4.79 Å². The predicted molar refractivity (Wildman–Crippen MR) is 87.3 cm³/mol. The van der Waals surface area contributed by atoms with Gasteiger partial charge in [0.25, 0.3) is 10.8 Å². The molecule has 4 heterocycles. The minimum absolute atomic E-state index is 0.122. The summed E-state index contributed by atoms with van der Waals surface area (Å²) < 4.78 is 6.23. The summed E-state index contributed by atoms with van der Waals surface area (Å²) in [5.41, 5.74) is 1.39. The van der Waals surface area contributed by atoms with Crippen LogP contribution in [0.5, 0.6) is 0 Å². The fourth-order valence-electron chi connectivity index (χ4n) is 2.00. The lowest BCUT2D eigenvalue weighted by molar-refractivity contribution is 0.465. The molecule has 0 aromatic carbocycles. The second-order valence-corrected chi connectivity index (χ2v) is 6.39. The van der Waals surface area contributed by atoms with Crippen LogP contribution in [0.3, 0.4) is 0 Å². The molecule has 0 aliphatic carbocycles. The third-order valence-electron chi connectivity index (χ3n) is 3.03. The first-order valence-corrected chi connectivity index (χ1v) is 8.49. The number of nitrogens with zero attached hydrogens (tertiary/aromatic N) is 4. The number of nitrogens with one attached hydrogen (secondary N) is 1. The quantitative estimate of drug-likeness (QED) is 0.569. The minimum Gasteiger partial charge on any atom is -0.411 e. The van der Waals surface area contributed by atoms with Crippen molar-refractivity contribution >= 4 is 33.3 Å². The summed E-state index contributed by atoms with van der Waals surface area (Å²) >= 11 is 2.70. The van der Waals surface area contributed by atoms with Crippen molar-refractivity contribution in [2.45, 2.75) is 11.0 Å². The first-order valence-electron chi connectivity index (χ1n) is 6.63. The molecule has 0 aliphatic heterocycles. The standard InChI is InChI=1S/C14H9N5O2S2/c20-12-11-9(3-6-22-11)16-10(17-12)7-23-14-19-18-13(21-14)8-1-4-15-5-2-8/h1-6H,7H2,(H,16,17,20). The van der Waals surface area contributed by atoms with Gasteiger partial charge < -0.3 is 9.40 Å². The molecular weight excluding hydrogens is 334 g/mol. The summed E-state index contributed by atoms with van der Waals surface area (Å²) in [7, 11) is 0. The van der Waals surface area contributed by atoms with E-state index in [1.165, 1.54) is 23.1 Å². The number of aromatic nitrogens is 5. The summed E-state index contributed by atoms with van der Waals surface area (Å²) in [6.07, 6.45) is 3.33. The van der Waals surface area contributed by atoms with E-state index in [4.69, 9.17) is 4.42 Å². The number of rotatable bonds is 4. The van der Waals surface area contributed by atoms with Crippen LogP contribution in [0, 0.1) is 0 Å². The molecule has 4 aromatic heterocycles. The highest BCUT2D eigenvalue weighted by Gasteiger charge is 2.11. The number of thioether (sulfide) groups is 1. The van der Waals surface area contributed by atoms with Crippen molar-refractivity contribution in [3.8, 4) is 11.5 Å². The molecule has 0 bridgehead atoms. The van der Waals surface area contributed by atoms with Crippen molar-refractivity contribution in [2.24, 2.45) is 0 Å². The number of fused-ring (bicyclic) bond motifs is 1. The molecule has 0 amide bonds. The van der Waals surface area contributed by atoms with Crippen LogP contribution in [-0.2, 0) is 5.75 Å². The highest BCUT2D eigenvalue weighted by Crippen LogP contribution is 2.24. The van der Waals surface area contributed by atoms with Crippen molar-refractivity contribution in [1.29, 1.82) is 0 Å². The van der Waals surface area contributed by atoms with Crippen molar-refractivity contribution in [1.82, 2.24) is 25.1 Å². The third kappa shape index (κ3) is 2.88. The van der Waals surface area contributed by atoms with Gasteiger partial charge in [0.1, 0.15) is 10.5 Å². The number of thiophene rings is 1. The molecule has 114 valence electrons. The number of H-pyrrole nitrogens is 1. The Labute approximate surface area is 137 Å². The molecule has 7 nitrogen and oxygen atoms in total. The monoisotopic (exact) mass is 343 g/mol. The molecule has 0 spiro atoms. The van der Waals surface area contributed by atoms with Gasteiger partial charge in [-0.3, -0.25) is 9.78 Å². The minimum atomic E-state index is -0.122. The zero-order valence-corrected chi connectivity index (χ0v) is 13.2. The SMILES string of the molecule is O=c1[nH]c(CSc2nnc(-c3ccncc3)o2)nc2ccsc12. The maximum absolute atomic E-state index is 11.9. The molecule has 4 rings (SSSR count). The summed E-state index contributed by atoms with van der Waals surface area (Å²) in [6, 6.07) is 5.43. The molecule has 9 heteroatoms. The van der Waals surface area contributed by atoms with E-state index in [0.717, 1.165) is 5.56 Å². The van der Waals surface area contributed by atoms with Crippen molar-refractivity contribution in [2.75, 3.05) is 0 Å². The summed E-state index contributed by atoms with van der Waals surface area (Å²) in [4.78, 5) is 23.0. The van der Waals surface area contributed by atoms with Gasteiger partial charge in [-0.1, -0.05) is 11.8 Å². The Balaban J connectivity index is 1.52. The molecule has 0 fully saturated rings. The van der Waals surface area contributed by atoms with Gasteiger partial charge in [-0.2, -0.15) is 0 Å². The summed E-state index contributed by atoms with van der Waals surface area (Å²) in [5, 5.41) is 10.3. The first kappa shape index (κ1) is 14.1. The molecule has 0 aliphatic rings. The number of hydrogen-bond acceptors (Lipinski definition) is 8. The van der Waals surface area contributed by atoms with E-state index in [1.54, 1.807) is 24.5 Å². The number of aromatic amines is 1. The van der Waals surface area contributed by atoms with Gasteiger partial charge in [0.15, 0.2) is 0 Å². The van der Waals surface area contributed by atoms with E-state index >= 15 is 0 Å². The third-order valence-corrected chi connectivity index (χ3v) is 4.76. The number of pyridine rings is 1. The van der Waals surface area contributed by atoms with Gasteiger partial charge in [-0.05, 0) is 23.6 Å². The van der Waals surface area contributed by atoms with Gasteiger partial charge in [-0.25, -0.2) is 4.98 Å². The summed E-state index contributed by atoms with van der Waals surface area (Å²) in [5.74, 6) is 1.46. The smallest absolute Gasteiger partial charge is 0.277 e. The lowest BCUT2D eigenvalue weighted by Crippen LogP contribution is -2.09. The van der Waals surface area contributed by atoms with Crippen LogP contribution < -0.4 is 5.56 Å². The maximum atomic E-state index is 11.9. The van der Waals surface area contributed by atoms with E-state index < -0.39 is 0 Å². The topological polar surface area (TPSA) is 97.6 Å². The van der Waals surface area contributed by atoms with Crippen LogP contribution in [0.25, 0.3) is 21.7 Å². The number of hydrogen-bond donors (Lipinski definition) is 1. The predicted octanol–water partition coefficient (Wildman–Crippen LogP) is 2.72. The van der Waals surface area contributed by atoms with Crippen molar-refractivity contribution < 1.29 is 4.42 Å². The van der Waals surface area contributed by atoms with E-state index in [0.29, 0.717) is 32.9 Å². The zero-order chi connectivity index (χ0) is 15.6. The van der Waals surface area contributed by atoms with Crippen LogP contribution in [0.2, 0.25) is 0 Å². The molecular formula is C14H9N5O2S2. The van der Waals surface area contributed by atoms with Crippen LogP contribution in [0.15, 0.2) is 50.4 Å². The molecule has 0 radical (unpaired) electrons. The summed E-state index contributed by atoms with van der Waals surface area (Å²) in [6.45, 7) is 0. The molecule has 23 heavy (non-hydrogen) atoms. The van der Waals surface area contributed by atoms with Crippen LogP contribution in [-0.4, -0.2) is 25.1 Å². The first-order chi connectivity index (χ1) is 11.3. The molecule has 0 saturated carbocycles. The fraction of sp³-hybridized carbons (Fsp3) is 0.0714. The van der Waals surface area contributed by atoms with Crippen LogP contribution >= 0.6 is 23.1 Å². The van der Waals surface area contributed by atoms with Crippen LogP contribution in [0.4, 0.5) is 0 Å². The second-order valence-electron chi connectivity index (χ2n) is 4.55. The van der Waals surface area contributed by atoms with Gasteiger partial charge in [0.05, 0.1) is 11.3 Å². The molecule has 0 saturated heterocycles. The molecule has 0 atom stereocenters. The normalized spacial score (nSPS) is 11.1. The lowest BCUT2D eigenvalue weighted by atomic mass is 10.3. The van der Waals surface area contributed by atoms with Crippen molar-refractivity contribution in [3.05, 3.63) is 52.2 Å². The van der Waals surface area contributed by atoms with E-state index in [-0.39, 0.29) is 5.56 Å². The Morgan fingerprint density at radius 3 is 2.96 bits per heavy atom. The second kappa shape index (κ2) is 5.94. The fourth-order valence-corrected chi connectivity index (χ4v) is 3.36. The Morgan fingerprint density at radius 1 is 1.22 bits per heavy atom. The van der Waals surface area contributed by atoms with Gasteiger partial charge in [0, 0.05) is 18.0 Å². The van der Waals surface area contributed by atoms with E-state index in [1.807, 2.05) is 11.4 Å². The van der Waals surface area contributed by atoms with E-state index in [2.05, 4.69) is 25.1 Å². The van der Waals surface area contributed by atoms with Gasteiger partial charge in [-0.15, -0.1) is 21.5 Å². The Kier molecular flexibility index (Phi) is 3.64. The van der Waals surface area contributed by atoms with Gasteiger partial charge in [0.2, 0.25) is 5.89 Å². The Bertz CT molecular complexity index is 1010.